The highest BCUT2D eigenvalue weighted by molar-refractivity contribution is 4.82. The lowest BCUT2D eigenvalue weighted by atomic mass is 9.68. The minimum absolute atomic E-state index is 1.07. The molecule has 0 unspecified atom stereocenters. The molecule has 0 aromatic carbocycles. The summed E-state index contributed by atoms with van der Waals surface area (Å²) in [5, 5.41) is 0. The fourth-order valence-corrected chi connectivity index (χ4v) is 4.58. The molecule has 0 heterocycles. The predicted octanol–water partition coefficient (Wildman–Crippen LogP) is 6.20. The zero-order valence-corrected chi connectivity index (χ0v) is 12.8. The third-order valence-electron chi connectivity index (χ3n) is 5.92. The molecule has 0 amide bonds. The van der Waals surface area contributed by atoms with Crippen molar-refractivity contribution in [2.24, 2.45) is 23.7 Å². The van der Waals surface area contributed by atoms with Crippen molar-refractivity contribution in [2.45, 2.75) is 90.9 Å². The van der Waals surface area contributed by atoms with E-state index in [-0.39, 0.29) is 0 Å². The molecule has 0 aromatic heterocycles. The number of unbranched alkanes of at least 4 members (excludes halogenated alkanes) is 1. The zero-order chi connectivity index (χ0) is 12.8. The van der Waals surface area contributed by atoms with E-state index < -0.39 is 0 Å². The van der Waals surface area contributed by atoms with Crippen molar-refractivity contribution in [2.75, 3.05) is 0 Å². The first-order chi connectivity index (χ1) is 8.83. The smallest absolute Gasteiger partial charge is 0.0383 e. The average molecular weight is 250 g/mol. The van der Waals surface area contributed by atoms with E-state index >= 15 is 0 Å². The molecule has 106 valence electrons. The van der Waals surface area contributed by atoms with Crippen LogP contribution in [-0.4, -0.2) is 0 Å². The van der Waals surface area contributed by atoms with Gasteiger partial charge >= 0.3 is 0 Å². The number of hydrogen-bond donors (Lipinski definition) is 0. The van der Waals surface area contributed by atoms with E-state index in [0.717, 1.165) is 23.7 Å². The van der Waals surface area contributed by atoms with Crippen molar-refractivity contribution in [3.8, 4) is 0 Å². The van der Waals surface area contributed by atoms with Crippen LogP contribution in [0.1, 0.15) is 90.9 Å². The molecule has 18 heavy (non-hydrogen) atoms. The molecule has 0 aromatic rings. The Hall–Kier alpha value is 0. The summed E-state index contributed by atoms with van der Waals surface area (Å²) in [6.07, 6.45) is 18.2. The van der Waals surface area contributed by atoms with E-state index in [1.54, 1.807) is 32.1 Å². The van der Waals surface area contributed by atoms with Crippen LogP contribution in [0.4, 0.5) is 0 Å². The first-order valence-corrected chi connectivity index (χ1v) is 8.83. The molecule has 0 heteroatoms. The van der Waals surface area contributed by atoms with Crippen molar-refractivity contribution >= 4 is 0 Å². The minimum atomic E-state index is 1.07. The first kappa shape index (κ1) is 14.4. The Morgan fingerprint density at radius 2 is 1.56 bits per heavy atom. The summed E-state index contributed by atoms with van der Waals surface area (Å²) in [4.78, 5) is 0. The van der Waals surface area contributed by atoms with E-state index in [1.807, 2.05) is 0 Å². The van der Waals surface area contributed by atoms with Crippen molar-refractivity contribution in [1.29, 1.82) is 0 Å². The van der Waals surface area contributed by atoms with Gasteiger partial charge in [0.25, 0.3) is 0 Å². The third-order valence-corrected chi connectivity index (χ3v) is 5.92. The maximum atomic E-state index is 2.38. The van der Waals surface area contributed by atoms with E-state index in [0.29, 0.717) is 0 Å². The summed E-state index contributed by atoms with van der Waals surface area (Å²) >= 11 is 0. The zero-order valence-electron chi connectivity index (χ0n) is 12.8. The van der Waals surface area contributed by atoms with Crippen molar-refractivity contribution in [1.82, 2.24) is 0 Å². The van der Waals surface area contributed by atoms with Crippen LogP contribution in [0, 0.1) is 23.7 Å². The van der Waals surface area contributed by atoms with E-state index in [4.69, 9.17) is 0 Å². The molecule has 0 aliphatic heterocycles. The van der Waals surface area contributed by atoms with Gasteiger partial charge in [0.05, 0.1) is 0 Å². The minimum Gasteiger partial charge on any atom is -0.0654 e. The second-order valence-corrected chi connectivity index (χ2v) is 7.12. The first-order valence-electron chi connectivity index (χ1n) is 8.83. The third kappa shape index (κ3) is 4.00. The average Bonchev–Trinajstić information content (AvgIpc) is 2.45. The summed E-state index contributed by atoms with van der Waals surface area (Å²) in [6.45, 7) is 4.72. The van der Waals surface area contributed by atoms with Crippen LogP contribution in [0.2, 0.25) is 0 Å². The van der Waals surface area contributed by atoms with Crippen LogP contribution in [0.15, 0.2) is 0 Å². The molecular weight excluding hydrogens is 216 g/mol. The highest BCUT2D eigenvalue weighted by Gasteiger charge is 2.30. The topological polar surface area (TPSA) is 0 Å². The molecule has 0 saturated heterocycles. The van der Waals surface area contributed by atoms with Crippen molar-refractivity contribution < 1.29 is 0 Å². The molecule has 0 nitrogen and oxygen atoms in total. The van der Waals surface area contributed by atoms with Crippen LogP contribution < -0.4 is 0 Å². The molecule has 2 saturated carbocycles. The van der Waals surface area contributed by atoms with Gasteiger partial charge in [0.2, 0.25) is 0 Å². The summed E-state index contributed by atoms with van der Waals surface area (Å²) in [5.74, 6) is 4.38. The lowest BCUT2D eigenvalue weighted by molar-refractivity contribution is 0.134. The molecular formula is C18H34. The molecule has 0 spiro atoms. The van der Waals surface area contributed by atoms with Gasteiger partial charge < -0.3 is 0 Å². The van der Waals surface area contributed by atoms with Crippen LogP contribution in [0.3, 0.4) is 0 Å². The van der Waals surface area contributed by atoms with E-state index in [1.165, 1.54) is 44.9 Å². The molecule has 0 bridgehead atoms. The lowest BCUT2D eigenvalue weighted by Gasteiger charge is -2.38. The highest BCUT2D eigenvalue weighted by atomic mass is 14.4. The molecule has 2 aliphatic rings. The molecule has 0 radical (unpaired) electrons. The van der Waals surface area contributed by atoms with Gasteiger partial charge in [-0.3, -0.25) is 0 Å². The van der Waals surface area contributed by atoms with Crippen molar-refractivity contribution in [3.05, 3.63) is 0 Å². The summed E-state index contributed by atoms with van der Waals surface area (Å²) in [7, 11) is 0. The Kier molecular flexibility index (Phi) is 6.05. The summed E-state index contributed by atoms with van der Waals surface area (Å²) in [6, 6.07) is 0. The second kappa shape index (κ2) is 7.56. The Balaban J connectivity index is 1.75. The molecule has 2 atom stereocenters. The van der Waals surface area contributed by atoms with Gasteiger partial charge in [0.1, 0.15) is 0 Å². The van der Waals surface area contributed by atoms with Gasteiger partial charge in [-0.05, 0) is 42.9 Å². The van der Waals surface area contributed by atoms with Crippen LogP contribution >= 0.6 is 0 Å². The van der Waals surface area contributed by atoms with Crippen molar-refractivity contribution in [3.63, 3.8) is 0 Å². The highest BCUT2D eigenvalue weighted by Crippen LogP contribution is 2.43. The Labute approximate surface area is 115 Å². The SMILES string of the molecule is CCCC[C@@H]1CCC[C@@H]([C@H]2CC[C@@H](CC)CC2)C1. The normalized spacial score (nSPS) is 37.7. The number of rotatable bonds is 5. The number of hydrogen-bond acceptors (Lipinski definition) is 0. The second-order valence-electron chi connectivity index (χ2n) is 7.12. The fourth-order valence-electron chi connectivity index (χ4n) is 4.58. The molecule has 0 N–H and O–H groups in total. The van der Waals surface area contributed by atoms with E-state index in [2.05, 4.69) is 13.8 Å². The molecule has 2 aliphatic carbocycles. The van der Waals surface area contributed by atoms with Gasteiger partial charge in [-0.2, -0.15) is 0 Å². The van der Waals surface area contributed by atoms with Gasteiger partial charge in [-0.25, -0.2) is 0 Å². The monoisotopic (exact) mass is 250 g/mol. The van der Waals surface area contributed by atoms with Crippen LogP contribution in [0.5, 0.6) is 0 Å². The Morgan fingerprint density at radius 1 is 0.778 bits per heavy atom. The quantitative estimate of drug-likeness (QED) is 0.545. The maximum Gasteiger partial charge on any atom is -0.0383 e. The maximum absolute atomic E-state index is 2.38. The van der Waals surface area contributed by atoms with Crippen LogP contribution in [-0.2, 0) is 0 Å². The van der Waals surface area contributed by atoms with Gasteiger partial charge in [0.15, 0.2) is 0 Å². The molecule has 2 rings (SSSR count). The summed E-state index contributed by atoms with van der Waals surface area (Å²) in [5.41, 5.74) is 0. The van der Waals surface area contributed by atoms with Crippen LogP contribution in [0.25, 0.3) is 0 Å². The van der Waals surface area contributed by atoms with Gasteiger partial charge in [-0.15, -0.1) is 0 Å². The predicted molar refractivity (Wildman–Crippen MR) is 80.7 cm³/mol. The Morgan fingerprint density at radius 3 is 2.22 bits per heavy atom. The van der Waals surface area contributed by atoms with Gasteiger partial charge in [0, 0.05) is 0 Å². The fraction of sp³-hybridized carbons (Fsp3) is 1.00. The Bertz CT molecular complexity index is 212. The van der Waals surface area contributed by atoms with E-state index in [9.17, 15) is 0 Å². The lowest BCUT2D eigenvalue weighted by Crippen LogP contribution is -2.26. The standard InChI is InChI=1S/C18H34/c1-3-5-7-16-8-6-9-18(14-16)17-12-10-15(4-2)11-13-17/h15-18H,3-14H2,1-2H3/t15-,16-,17+,18-/m1/s1. The molecule has 2 fully saturated rings. The summed E-state index contributed by atoms with van der Waals surface area (Å²) < 4.78 is 0. The van der Waals surface area contributed by atoms with Gasteiger partial charge in [-0.1, -0.05) is 71.6 Å². The largest absolute Gasteiger partial charge is 0.0654 e.